The molecule has 0 spiro atoms. The molecule has 1 aliphatic rings. The standard InChI is InChI=1S/C19H17Cl2N3O5/c1-28-4-5-29-17-3-2-11(9-23-17)8-22-16(25)10-24-18(26)12-6-14(20)15(21)7-13(12)19(24)27/h2-3,6-7,9H,4-5,8,10H2,1H3,(H,22,25). The Balaban J connectivity index is 1.55. The molecule has 1 aliphatic heterocycles. The van der Waals surface area contributed by atoms with E-state index in [2.05, 4.69) is 10.3 Å². The van der Waals surface area contributed by atoms with Gasteiger partial charge in [-0.2, -0.15) is 0 Å². The van der Waals surface area contributed by atoms with E-state index in [1.807, 2.05) is 0 Å². The highest BCUT2D eigenvalue weighted by Crippen LogP contribution is 2.31. The van der Waals surface area contributed by atoms with Crippen molar-refractivity contribution in [3.63, 3.8) is 0 Å². The van der Waals surface area contributed by atoms with Gasteiger partial charge in [0.1, 0.15) is 13.2 Å². The minimum Gasteiger partial charge on any atom is -0.475 e. The van der Waals surface area contributed by atoms with Gasteiger partial charge < -0.3 is 14.8 Å². The molecule has 1 aromatic heterocycles. The van der Waals surface area contributed by atoms with Gasteiger partial charge in [0.15, 0.2) is 0 Å². The van der Waals surface area contributed by atoms with Crippen LogP contribution in [0.1, 0.15) is 26.3 Å². The van der Waals surface area contributed by atoms with E-state index >= 15 is 0 Å². The first kappa shape index (κ1) is 21.0. The Morgan fingerprint density at radius 1 is 1.10 bits per heavy atom. The van der Waals surface area contributed by atoms with Crippen LogP contribution < -0.4 is 10.1 Å². The lowest BCUT2D eigenvalue weighted by atomic mass is 10.1. The number of imide groups is 1. The van der Waals surface area contributed by atoms with Crippen molar-refractivity contribution >= 4 is 40.9 Å². The van der Waals surface area contributed by atoms with Crippen LogP contribution in [0.2, 0.25) is 10.0 Å². The Hall–Kier alpha value is -2.68. The maximum Gasteiger partial charge on any atom is 0.262 e. The maximum atomic E-state index is 12.4. The number of carbonyl (C=O) groups is 3. The van der Waals surface area contributed by atoms with Gasteiger partial charge in [-0.3, -0.25) is 19.3 Å². The van der Waals surface area contributed by atoms with Crippen molar-refractivity contribution in [2.75, 3.05) is 26.9 Å². The number of benzene rings is 1. The number of rotatable bonds is 8. The van der Waals surface area contributed by atoms with Crippen molar-refractivity contribution in [3.8, 4) is 5.88 Å². The summed E-state index contributed by atoms with van der Waals surface area (Å²) in [5, 5.41) is 2.98. The van der Waals surface area contributed by atoms with Crippen LogP contribution in [0, 0.1) is 0 Å². The maximum absolute atomic E-state index is 12.4. The number of fused-ring (bicyclic) bond motifs is 1. The number of ether oxygens (including phenoxy) is 2. The zero-order chi connectivity index (χ0) is 21.0. The number of pyridine rings is 1. The quantitative estimate of drug-likeness (QED) is 0.502. The number of hydrogen-bond acceptors (Lipinski definition) is 6. The average Bonchev–Trinajstić information content (AvgIpc) is 2.92. The van der Waals surface area contributed by atoms with E-state index in [1.54, 1.807) is 25.4 Å². The molecule has 1 N–H and O–H groups in total. The van der Waals surface area contributed by atoms with Gasteiger partial charge in [-0.05, 0) is 17.7 Å². The first-order valence-electron chi connectivity index (χ1n) is 8.59. The Morgan fingerprint density at radius 2 is 1.76 bits per heavy atom. The van der Waals surface area contributed by atoms with Crippen molar-refractivity contribution in [3.05, 3.63) is 57.2 Å². The highest BCUT2D eigenvalue weighted by atomic mass is 35.5. The van der Waals surface area contributed by atoms with Gasteiger partial charge in [-0.25, -0.2) is 4.98 Å². The lowest BCUT2D eigenvalue weighted by molar-refractivity contribution is -0.121. The first-order chi connectivity index (χ1) is 13.9. The summed E-state index contributed by atoms with van der Waals surface area (Å²) in [7, 11) is 1.58. The smallest absolute Gasteiger partial charge is 0.262 e. The molecular weight excluding hydrogens is 421 g/mol. The molecule has 8 nitrogen and oxygen atoms in total. The molecule has 152 valence electrons. The summed E-state index contributed by atoms with van der Waals surface area (Å²) in [5.74, 6) is -1.21. The molecule has 0 bridgehead atoms. The van der Waals surface area contributed by atoms with Crippen LogP contribution in [-0.4, -0.2) is 54.5 Å². The predicted octanol–water partition coefficient (Wildman–Crippen LogP) is 2.33. The Morgan fingerprint density at radius 3 is 2.31 bits per heavy atom. The van der Waals surface area contributed by atoms with Crippen molar-refractivity contribution in [1.82, 2.24) is 15.2 Å². The number of methoxy groups -OCH3 is 1. The van der Waals surface area contributed by atoms with Gasteiger partial charge in [0, 0.05) is 25.9 Å². The topological polar surface area (TPSA) is 97.8 Å². The molecule has 0 saturated carbocycles. The van der Waals surface area contributed by atoms with Crippen LogP contribution in [0.5, 0.6) is 5.88 Å². The molecule has 3 rings (SSSR count). The molecule has 29 heavy (non-hydrogen) atoms. The van der Waals surface area contributed by atoms with Gasteiger partial charge in [0.05, 0.1) is 27.8 Å². The van der Waals surface area contributed by atoms with Crippen LogP contribution in [-0.2, 0) is 16.1 Å². The van der Waals surface area contributed by atoms with Crippen LogP contribution in [0.3, 0.4) is 0 Å². The fourth-order valence-corrected chi connectivity index (χ4v) is 2.99. The Labute approximate surface area is 176 Å². The average molecular weight is 438 g/mol. The van der Waals surface area contributed by atoms with Crippen molar-refractivity contribution < 1.29 is 23.9 Å². The fraction of sp³-hybridized carbons (Fsp3) is 0.263. The second-order valence-electron chi connectivity index (χ2n) is 6.13. The van der Waals surface area contributed by atoms with E-state index in [0.717, 1.165) is 10.5 Å². The molecule has 0 atom stereocenters. The summed E-state index contributed by atoms with van der Waals surface area (Å²) in [6.45, 7) is 0.615. The van der Waals surface area contributed by atoms with E-state index in [-0.39, 0.29) is 27.7 Å². The van der Waals surface area contributed by atoms with E-state index in [9.17, 15) is 14.4 Å². The summed E-state index contributed by atoms with van der Waals surface area (Å²) in [6.07, 6.45) is 1.56. The minimum atomic E-state index is -0.585. The van der Waals surface area contributed by atoms with Gasteiger partial charge in [0.25, 0.3) is 11.8 Å². The van der Waals surface area contributed by atoms with Crippen LogP contribution in [0.4, 0.5) is 0 Å². The van der Waals surface area contributed by atoms with Gasteiger partial charge in [-0.15, -0.1) is 0 Å². The third-order valence-electron chi connectivity index (χ3n) is 4.14. The number of nitrogens with one attached hydrogen (secondary N) is 1. The van der Waals surface area contributed by atoms with E-state index < -0.39 is 24.3 Å². The SMILES string of the molecule is COCCOc1ccc(CNC(=O)CN2C(=O)c3cc(Cl)c(Cl)cc3C2=O)cn1. The largest absolute Gasteiger partial charge is 0.475 e. The molecule has 0 radical (unpaired) electrons. The summed E-state index contributed by atoms with van der Waals surface area (Å²) in [6, 6.07) is 6.09. The summed E-state index contributed by atoms with van der Waals surface area (Å²) in [4.78, 5) is 42.0. The number of aromatic nitrogens is 1. The van der Waals surface area contributed by atoms with Gasteiger partial charge in [0.2, 0.25) is 11.8 Å². The van der Waals surface area contributed by atoms with Crippen LogP contribution in [0.25, 0.3) is 0 Å². The molecule has 0 fully saturated rings. The number of hydrogen-bond donors (Lipinski definition) is 1. The van der Waals surface area contributed by atoms with E-state index in [4.69, 9.17) is 32.7 Å². The predicted molar refractivity (Wildman–Crippen MR) is 105 cm³/mol. The number of nitrogens with zero attached hydrogens (tertiary/aromatic N) is 2. The Kier molecular flexibility index (Phi) is 6.68. The molecule has 3 amide bonds. The Bertz CT molecular complexity index is 909. The third kappa shape index (κ3) is 4.84. The van der Waals surface area contributed by atoms with Crippen molar-refractivity contribution in [2.45, 2.75) is 6.54 Å². The molecule has 0 unspecified atom stereocenters. The summed E-state index contributed by atoms with van der Waals surface area (Å²) >= 11 is 11.8. The molecule has 0 saturated heterocycles. The number of carbonyl (C=O) groups excluding carboxylic acids is 3. The summed E-state index contributed by atoms with van der Waals surface area (Å²) in [5.41, 5.74) is 0.995. The molecule has 2 heterocycles. The first-order valence-corrected chi connectivity index (χ1v) is 9.35. The third-order valence-corrected chi connectivity index (χ3v) is 4.86. The monoisotopic (exact) mass is 437 g/mol. The van der Waals surface area contributed by atoms with Gasteiger partial charge in [-0.1, -0.05) is 29.3 Å². The molecule has 2 aromatic rings. The number of amides is 3. The zero-order valence-electron chi connectivity index (χ0n) is 15.4. The van der Waals surface area contributed by atoms with Crippen LogP contribution >= 0.6 is 23.2 Å². The van der Waals surface area contributed by atoms with Crippen molar-refractivity contribution in [2.24, 2.45) is 0 Å². The van der Waals surface area contributed by atoms with E-state index in [1.165, 1.54) is 12.1 Å². The molecule has 1 aromatic carbocycles. The van der Waals surface area contributed by atoms with E-state index in [0.29, 0.717) is 19.1 Å². The fourth-order valence-electron chi connectivity index (χ4n) is 2.66. The normalized spacial score (nSPS) is 12.9. The lowest BCUT2D eigenvalue weighted by Crippen LogP contribution is -2.40. The van der Waals surface area contributed by atoms with Gasteiger partial charge >= 0.3 is 0 Å². The highest BCUT2D eigenvalue weighted by molar-refractivity contribution is 6.43. The second-order valence-corrected chi connectivity index (χ2v) is 6.95. The molecule has 10 heteroatoms. The van der Waals surface area contributed by atoms with Crippen molar-refractivity contribution in [1.29, 1.82) is 0 Å². The zero-order valence-corrected chi connectivity index (χ0v) is 16.9. The number of halogens is 2. The van der Waals surface area contributed by atoms with Crippen LogP contribution in [0.15, 0.2) is 30.5 Å². The highest BCUT2D eigenvalue weighted by Gasteiger charge is 2.37. The summed E-state index contributed by atoms with van der Waals surface area (Å²) < 4.78 is 10.3. The second kappa shape index (κ2) is 9.21. The minimum absolute atomic E-state index is 0.130. The molecular formula is C19H17Cl2N3O5. The lowest BCUT2D eigenvalue weighted by Gasteiger charge is -2.13. The molecule has 0 aliphatic carbocycles.